The van der Waals surface area contributed by atoms with Gasteiger partial charge in [-0.1, -0.05) is 13.8 Å². The first-order valence-corrected chi connectivity index (χ1v) is 6.77. The van der Waals surface area contributed by atoms with Crippen LogP contribution < -0.4 is 5.32 Å². The van der Waals surface area contributed by atoms with Gasteiger partial charge in [0, 0.05) is 17.9 Å². The Morgan fingerprint density at radius 3 is 2.44 bits per heavy atom. The van der Waals surface area contributed by atoms with Crippen molar-refractivity contribution < 1.29 is 0 Å². The quantitative estimate of drug-likeness (QED) is 0.805. The Labute approximate surface area is 103 Å². The Balaban J connectivity index is 2.27. The number of aromatic nitrogens is 2. The predicted octanol–water partition coefficient (Wildman–Crippen LogP) is 2.98. The third kappa shape index (κ3) is 5.03. The van der Waals surface area contributed by atoms with Gasteiger partial charge in [-0.3, -0.25) is 0 Å². The Bertz CT molecular complexity index is 312. The Kier molecular flexibility index (Phi) is 4.87. The van der Waals surface area contributed by atoms with E-state index >= 15 is 0 Å². The summed E-state index contributed by atoms with van der Waals surface area (Å²) < 4.78 is 0. The SMILES string of the molecule is CC(C)c1nnc(CCCNC(C)(C)C)s1. The maximum atomic E-state index is 4.21. The van der Waals surface area contributed by atoms with E-state index < -0.39 is 0 Å². The molecular weight excluding hydrogens is 218 g/mol. The molecule has 0 saturated carbocycles. The summed E-state index contributed by atoms with van der Waals surface area (Å²) in [6.45, 7) is 11.9. The van der Waals surface area contributed by atoms with E-state index in [1.807, 2.05) is 0 Å². The fourth-order valence-corrected chi connectivity index (χ4v) is 2.19. The lowest BCUT2D eigenvalue weighted by Crippen LogP contribution is -2.36. The van der Waals surface area contributed by atoms with Crippen LogP contribution in [0.15, 0.2) is 0 Å². The standard InChI is InChI=1S/C12H23N3S/c1-9(2)11-15-14-10(16-11)7-6-8-13-12(3,4)5/h9,13H,6-8H2,1-5H3. The van der Waals surface area contributed by atoms with Crippen LogP contribution >= 0.6 is 11.3 Å². The molecule has 0 atom stereocenters. The number of nitrogens with zero attached hydrogens (tertiary/aromatic N) is 2. The Morgan fingerprint density at radius 2 is 1.94 bits per heavy atom. The highest BCUT2D eigenvalue weighted by Crippen LogP contribution is 2.19. The van der Waals surface area contributed by atoms with Crippen LogP contribution in [0.3, 0.4) is 0 Å². The van der Waals surface area contributed by atoms with Crippen molar-refractivity contribution in [3.8, 4) is 0 Å². The molecule has 0 aliphatic heterocycles. The van der Waals surface area contributed by atoms with Gasteiger partial charge in [0.05, 0.1) is 0 Å². The van der Waals surface area contributed by atoms with Crippen LogP contribution in [0.25, 0.3) is 0 Å². The molecular formula is C12H23N3S. The number of nitrogens with one attached hydrogen (secondary N) is 1. The summed E-state index contributed by atoms with van der Waals surface area (Å²) in [5, 5.41) is 14.2. The summed E-state index contributed by atoms with van der Waals surface area (Å²) in [5.74, 6) is 0.499. The highest BCUT2D eigenvalue weighted by atomic mass is 32.1. The fourth-order valence-electron chi connectivity index (χ4n) is 1.30. The van der Waals surface area contributed by atoms with Gasteiger partial charge in [-0.25, -0.2) is 0 Å². The smallest absolute Gasteiger partial charge is 0.119 e. The van der Waals surface area contributed by atoms with Crippen molar-refractivity contribution in [1.82, 2.24) is 15.5 Å². The molecule has 0 spiro atoms. The van der Waals surface area contributed by atoms with E-state index in [1.54, 1.807) is 11.3 Å². The number of rotatable bonds is 5. The van der Waals surface area contributed by atoms with Crippen LogP contribution in [0.5, 0.6) is 0 Å². The maximum Gasteiger partial charge on any atom is 0.119 e. The monoisotopic (exact) mass is 241 g/mol. The minimum Gasteiger partial charge on any atom is -0.312 e. The van der Waals surface area contributed by atoms with Gasteiger partial charge in [0.25, 0.3) is 0 Å². The minimum atomic E-state index is 0.213. The first-order chi connectivity index (χ1) is 7.38. The molecule has 16 heavy (non-hydrogen) atoms. The summed E-state index contributed by atoms with van der Waals surface area (Å²) in [4.78, 5) is 0. The van der Waals surface area contributed by atoms with Crippen LogP contribution in [0.4, 0.5) is 0 Å². The van der Waals surface area contributed by atoms with Crippen LogP contribution in [0.1, 0.15) is 57.0 Å². The molecule has 0 aliphatic carbocycles. The van der Waals surface area contributed by atoms with E-state index in [2.05, 4.69) is 50.1 Å². The zero-order valence-electron chi connectivity index (χ0n) is 11.0. The van der Waals surface area contributed by atoms with E-state index in [0.29, 0.717) is 5.92 Å². The van der Waals surface area contributed by atoms with E-state index in [1.165, 1.54) is 5.01 Å². The molecule has 1 aromatic heterocycles. The zero-order chi connectivity index (χ0) is 12.2. The Morgan fingerprint density at radius 1 is 1.25 bits per heavy atom. The lowest BCUT2D eigenvalue weighted by Gasteiger charge is -2.20. The van der Waals surface area contributed by atoms with E-state index in [9.17, 15) is 0 Å². The number of hydrogen-bond donors (Lipinski definition) is 1. The largest absolute Gasteiger partial charge is 0.312 e. The van der Waals surface area contributed by atoms with Crippen molar-refractivity contribution in [2.75, 3.05) is 6.54 Å². The van der Waals surface area contributed by atoms with Crippen LogP contribution in [-0.4, -0.2) is 22.3 Å². The summed E-state index contributed by atoms with van der Waals surface area (Å²) in [7, 11) is 0. The molecule has 0 amide bonds. The molecule has 0 fully saturated rings. The molecule has 0 aromatic carbocycles. The molecule has 4 heteroatoms. The van der Waals surface area contributed by atoms with Gasteiger partial charge >= 0.3 is 0 Å². The molecule has 0 aliphatic rings. The normalized spacial score (nSPS) is 12.4. The van der Waals surface area contributed by atoms with Gasteiger partial charge < -0.3 is 5.32 Å². The topological polar surface area (TPSA) is 37.8 Å². The van der Waals surface area contributed by atoms with Crippen molar-refractivity contribution >= 4 is 11.3 Å². The highest BCUT2D eigenvalue weighted by molar-refractivity contribution is 7.11. The molecule has 1 heterocycles. The summed E-state index contributed by atoms with van der Waals surface area (Å²) in [6, 6.07) is 0. The Hall–Kier alpha value is -0.480. The van der Waals surface area contributed by atoms with E-state index in [-0.39, 0.29) is 5.54 Å². The second-order valence-electron chi connectivity index (χ2n) is 5.47. The third-order valence-corrected chi connectivity index (χ3v) is 3.48. The molecule has 92 valence electrons. The molecule has 1 aromatic rings. The molecule has 0 radical (unpaired) electrons. The molecule has 3 nitrogen and oxygen atoms in total. The van der Waals surface area contributed by atoms with Crippen LogP contribution in [-0.2, 0) is 6.42 Å². The van der Waals surface area contributed by atoms with Crippen molar-refractivity contribution in [3.63, 3.8) is 0 Å². The second kappa shape index (κ2) is 5.73. The maximum absolute atomic E-state index is 4.21. The van der Waals surface area contributed by atoms with Gasteiger partial charge in [0.1, 0.15) is 10.0 Å². The van der Waals surface area contributed by atoms with E-state index in [4.69, 9.17) is 0 Å². The average molecular weight is 241 g/mol. The summed E-state index contributed by atoms with van der Waals surface area (Å²) >= 11 is 1.75. The number of aryl methyl sites for hydroxylation is 1. The molecule has 0 unspecified atom stereocenters. The van der Waals surface area contributed by atoms with Crippen molar-refractivity contribution in [1.29, 1.82) is 0 Å². The third-order valence-electron chi connectivity index (χ3n) is 2.20. The summed E-state index contributed by atoms with van der Waals surface area (Å²) in [5.41, 5.74) is 0.213. The lowest BCUT2D eigenvalue weighted by atomic mass is 10.1. The predicted molar refractivity (Wildman–Crippen MR) is 70.1 cm³/mol. The highest BCUT2D eigenvalue weighted by Gasteiger charge is 2.09. The first-order valence-electron chi connectivity index (χ1n) is 5.96. The molecule has 0 bridgehead atoms. The van der Waals surface area contributed by atoms with Gasteiger partial charge in [-0.15, -0.1) is 21.5 Å². The van der Waals surface area contributed by atoms with Crippen LogP contribution in [0.2, 0.25) is 0 Å². The van der Waals surface area contributed by atoms with Gasteiger partial charge in [-0.05, 0) is 33.7 Å². The average Bonchev–Trinajstić information content (AvgIpc) is 2.59. The zero-order valence-corrected chi connectivity index (χ0v) is 11.8. The minimum absolute atomic E-state index is 0.213. The van der Waals surface area contributed by atoms with Gasteiger partial charge in [0.2, 0.25) is 0 Å². The first kappa shape index (κ1) is 13.6. The van der Waals surface area contributed by atoms with Crippen molar-refractivity contribution in [3.05, 3.63) is 10.0 Å². The fraction of sp³-hybridized carbons (Fsp3) is 0.833. The summed E-state index contributed by atoms with van der Waals surface area (Å²) in [6.07, 6.45) is 2.16. The van der Waals surface area contributed by atoms with Gasteiger partial charge in [0.15, 0.2) is 0 Å². The lowest BCUT2D eigenvalue weighted by molar-refractivity contribution is 0.422. The second-order valence-corrected chi connectivity index (χ2v) is 6.56. The molecule has 0 saturated heterocycles. The van der Waals surface area contributed by atoms with E-state index in [0.717, 1.165) is 24.4 Å². The van der Waals surface area contributed by atoms with Crippen LogP contribution in [0, 0.1) is 0 Å². The molecule has 1 rings (SSSR count). The van der Waals surface area contributed by atoms with Crippen molar-refractivity contribution in [2.24, 2.45) is 0 Å². The molecule has 1 N–H and O–H groups in total. The van der Waals surface area contributed by atoms with Crippen molar-refractivity contribution in [2.45, 2.75) is 58.9 Å². The number of hydrogen-bond acceptors (Lipinski definition) is 4. The van der Waals surface area contributed by atoms with Gasteiger partial charge in [-0.2, -0.15) is 0 Å².